The second-order valence-electron chi connectivity index (χ2n) is 8.62. The van der Waals surface area contributed by atoms with Gasteiger partial charge in [0, 0.05) is 0 Å². The molecule has 0 spiro atoms. The van der Waals surface area contributed by atoms with E-state index in [0.717, 1.165) is 0 Å². The minimum absolute atomic E-state index is 1.25. The Labute approximate surface area is 186 Å². The molecule has 0 heterocycles. The Morgan fingerprint density at radius 1 is 0.281 bits per heavy atom. The maximum Gasteiger partial charge on any atom is -0.00264 e. The molecular weight excluding hydrogens is 384 g/mol. The highest BCUT2D eigenvalue weighted by Crippen LogP contribution is 2.40. The summed E-state index contributed by atoms with van der Waals surface area (Å²) in [5, 5.41) is 10.5. The second kappa shape index (κ2) is 6.67. The van der Waals surface area contributed by atoms with Crippen molar-refractivity contribution in [3.63, 3.8) is 0 Å². The van der Waals surface area contributed by atoms with Crippen LogP contribution in [0.25, 0.3) is 65.3 Å². The van der Waals surface area contributed by atoms with Gasteiger partial charge in [0.1, 0.15) is 0 Å². The van der Waals surface area contributed by atoms with Crippen LogP contribution in [0.4, 0.5) is 0 Å². The van der Waals surface area contributed by atoms with Gasteiger partial charge in [0.05, 0.1) is 0 Å². The molecule has 0 unspecified atom stereocenters. The van der Waals surface area contributed by atoms with Crippen molar-refractivity contribution in [2.24, 2.45) is 0 Å². The fourth-order valence-corrected chi connectivity index (χ4v) is 5.25. The number of hydrogen-bond donors (Lipinski definition) is 0. The van der Waals surface area contributed by atoms with Crippen LogP contribution in [0, 0.1) is 0 Å². The quantitative estimate of drug-likeness (QED) is 0.252. The summed E-state index contributed by atoms with van der Waals surface area (Å²) in [6.07, 6.45) is 0. The minimum Gasteiger partial charge on any atom is -0.0616 e. The molecule has 0 saturated carbocycles. The van der Waals surface area contributed by atoms with E-state index < -0.39 is 0 Å². The van der Waals surface area contributed by atoms with E-state index in [9.17, 15) is 0 Å². The van der Waals surface area contributed by atoms with E-state index in [4.69, 9.17) is 0 Å². The van der Waals surface area contributed by atoms with Gasteiger partial charge in [0.25, 0.3) is 0 Å². The lowest BCUT2D eigenvalue weighted by Crippen LogP contribution is -1.88. The van der Waals surface area contributed by atoms with Gasteiger partial charge < -0.3 is 0 Å². The van der Waals surface area contributed by atoms with Crippen LogP contribution in [0.5, 0.6) is 0 Å². The van der Waals surface area contributed by atoms with Crippen LogP contribution < -0.4 is 0 Å². The van der Waals surface area contributed by atoms with Crippen molar-refractivity contribution in [1.82, 2.24) is 0 Å². The normalized spacial score (nSPS) is 11.8. The molecule has 0 radical (unpaired) electrons. The lowest BCUT2D eigenvalue weighted by Gasteiger charge is -2.15. The zero-order valence-electron chi connectivity index (χ0n) is 17.5. The molecule has 0 aliphatic carbocycles. The maximum absolute atomic E-state index is 2.36. The van der Waals surface area contributed by atoms with E-state index in [1.807, 2.05) is 0 Å². The van der Waals surface area contributed by atoms with Crippen molar-refractivity contribution in [3.8, 4) is 22.3 Å². The molecule has 0 heteroatoms. The van der Waals surface area contributed by atoms with Gasteiger partial charge in [0.15, 0.2) is 0 Å². The van der Waals surface area contributed by atoms with Crippen molar-refractivity contribution in [2.75, 3.05) is 0 Å². The molecule has 0 N–H and O–H groups in total. The first-order valence-corrected chi connectivity index (χ1v) is 11.1. The first-order valence-electron chi connectivity index (χ1n) is 11.1. The predicted octanol–water partition coefficient (Wildman–Crippen LogP) is 9.07. The molecule has 7 aromatic carbocycles. The molecule has 32 heavy (non-hydrogen) atoms. The van der Waals surface area contributed by atoms with Crippen molar-refractivity contribution in [2.45, 2.75) is 0 Å². The van der Waals surface area contributed by atoms with Crippen LogP contribution in [0.15, 0.2) is 121 Å². The smallest absolute Gasteiger partial charge is 0.00264 e. The third kappa shape index (κ3) is 2.57. The molecule has 0 saturated heterocycles. The molecule has 0 nitrogen and oxygen atoms in total. The summed E-state index contributed by atoms with van der Waals surface area (Å²) in [6.45, 7) is 0. The SMILES string of the molecule is c1ccc(-c2cc3ccc4cccc5ccc(c2)c3c45)c(-c2ccc3ccccc3c2)c1. The summed E-state index contributed by atoms with van der Waals surface area (Å²) in [4.78, 5) is 0. The molecule has 0 bridgehead atoms. The van der Waals surface area contributed by atoms with E-state index in [1.165, 1.54) is 65.3 Å². The van der Waals surface area contributed by atoms with Gasteiger partial charge in [-0.05, 0) is 83.5 Å². The van der Waals surface area contributed by atoms with Gasteiger partial charge in [0.2, 0.25) is 0 Å². The Hall–Kier alpha value is -4.16. The molecule has 0 aliphatic rings. The summed E-state index contributed by atoms with van der Waals surface area (Å²) >= 11 is 0. The predicted molar refractivity (Wildman–Crippen MR) is 139 cm³/mol. The van der Waals surface area contributed by atoms with Gasteiger partial charge in [-0.2, -0.15) is 0 Å². The van der Waals surface area contributed by atoms with Gasteiger partial charge >= 0.3 is 0 Å². The molecule has 7 rings (SSSR count). The van der Waals surface area contributed by atoms with Crippen LogP contribution in [-0.4, -0.2) is 0 Å². The minimum atomic E-state index is 1.25. The second-order valence-corrected chi connectivity index (χ2v) is 8.62. The highest BCUT2D eigenvalue weighted by molar-refractivity contribution is 6.23. The zero-order chi connectivity index (χ0) is 21.1. The van der Waals surface area contributed by atoms with Gasteiger partial charge in [-0.25, -0.2) is 0 Å². The highest BCUT2D eigenvalue weighted by atomic mass is 14.2. The molecule has 7 aromatic rings. The first-order chi connectivity index (χ1) is 15.8. The van der Waals surface area contributed by atoms with Crippen LogP contribution in [0.3, 0.4) is 0 Å². The lowest BCUT2D eigenvalue weighted by atomic mass is 9.89. The fourth-order valence-electron chi connectivity index (χ4n) is 5.25. The van der Waals surface area contributed by atoms with Crippen LogP contribution >= 0.6 is 0 Å². The van der Waals surface area contributed by atoms with Gasteiger partial charge in [-0.1, -0.05) is 103 Å². The van der Waals surface area contributed by atoms with E-state index in [-0.39, 0.29) is 0 Å². The molecule has 148 valence electrons. The van der Waals surface area contributed by atoms with Crippen LogP contribution in [-0.2, 0) is 0 Å². The standard InChI is InChI=1S/C32H20/c1-2-7-24-18-25(15-12-21(24)6-1)29-10-3-4-11-30(29)28-19-26-16-13-22-8-5-9-23-14-17-27(20-28)32(26)31(22)23/h1-20H. The Kier molecular flexibility index (Phi) is 3.65. The first kappa shape index (κ1) is 17.5. The third-order valence-corrected chi connectivity index (χ3v) is 6.76. The van der Waals surface area contributed by atoms with Gasteiger partial charge in [-0.15, -0.1) is 0 Å². The zero-order valence-corrected chi connectivity index (χ0v) is 17.5. The van der Waals surface area contributed by atoms with E-state index in [0.29, 0.717) is 0 Å². The summed E-state index contributed by atoms with van der Waals surface area (Å²) in [7, 11) is 0. The van der Waals surface area contributed by atoms with Crippen molar-refractivity contribution >= 4 is 43.1 Å². The Bertz CT molecular complexity index is 1710. The average molecular weight is 405 g/mol. The van der Waals surface area contributed by atoms with E-state index in [1.54, 1.807) is 0 Å². The largest absolute Gasteiger partial charge is 0.0616 e. The summed E-state index contributed by atoms with van der Waals surface area (Å²) in [6, 6.07) is 44.4. The lowest BCUT2D eigenvalue weighted by molar-refractivity contribution is 1.61. The fraction of sp³-hybridized carbons (Fsp3) is 0. The molecule has 0 aromatic heterocycles. The molecular formula is C32H20. The summed E-state index contributed by atoms with van der Waals surface area (Å²) in [5.41, 5.74) is 5.06. The van der Waals surface area contributed by atoms with Crippen LogP contribution in [0.1, 0.15) is 0 Å². The van der Waals surface area contributed by atoms with Crippen molar-refractivity contribution in [1.29, 1.82) is 0 Å². The number of rotatable bonds is 2. The molecule has 0 amide bonds. The van der Waals surface area contributed by atoms with E-state index >= 15 is 0 Å². The molecule has 0 atom stereocenters. The summed E-state index contributed by atoms with van der Waals surface area (Å²) in [5.74, 6) is 0. The topological polar surface area (TPSA) is 0 Å². The summed E-state index contributed by atoms with van der Waals surface area (Å²) < 4.78 is 0. The Morgan fingerprint density at radius 3 is 1.47 bits per heavy atom. The van der Waals surface area contributed by atoms with Crippen molar-refractivity contribution < 1.29 is 0 Å². The third-order valence-electron chi connectivity index (χ3n) is 6.76. The van der Waals surface area contributed by atoms with Gasteiger partial charge in [-0.3, -0.25) is 0 Å². The number of hydrogen-bond acceptors (Lipinski definition) is 0. The molecule has 0 aliphatic heterocycles. The van der Waals surface area contributed by atoms with Crippen LogP contribution in [0.2, 0.25) is 0 Å². The maximum atomic E-state index is 2.36. The Morgan fingerprint density at radius 2 is 0.750 bits per heavy atom. The highest BCUT2D eigenvalue weighted by Gasteiger charge is 2.12. The number of fused-ring (bicyclic) bond motifs is 1. The Balaban J connectivity index is 1.49. The average Bonchev–Trinajstić information content (AvgIpc) is 2.87. The van der Waals surface area contributed by atoms with E-state index in [2.05, 4.69) is 121 Å². The van der Waals surface area contributed by atoms with Crippen molar-refractivity contribution in [3.05, 3.63) is 121 Å². The number of benzene rings is 7. The molecule has 0 fully saturated rings. The monoisotopic (exact) mass is 404 g/mol.